The number of ether oxygens (including phenoxy) is 2. The van der Waals surface area contributed by atoms with Crippen molar-refractivity contribution in [2.45, 2.75) is 38.8 Å². The maximum atomic E-state index is 6.06. The number of nitrogens with zero attached hydrogens (tertiary/aromatic N) is 2. The Hall–Kier alpha value is -0.970. The molecule has 2 atom stereocenters. The van der Waals surface area contributed by atoms with Crippen molar-refractivity contribution in [3.63, 3.8) is 0 Å². The Morgan fingerprint density at radius 1 is 1.52 bits per heavy atom. The summed E-state index contributed by atoms with van der Waals surface area (Å²) < 4.78 is 11.9. The molecule has 2 aliphatic heterocycles. The zero-order valence-corrected chi connectivity index (χ0v) is 13.0. The molecular weight excluding hydrogens is 264 g/mol. The molecule has 2 fully saturated rings. The lowest BCUT2D eigenvalue weighted by Crippen LogP contribution is -2.56. The summed E-state index contributed by atoms with van der Waals surface area (Å²) >= 11 is 0. The van der Waals surface area contributed by atoms with Crippen molar-refractivity contribution >= 4 is 0 Å². The van der Waals surface area contributed by atoms with Crippen molar-refractivity contribution in [2.24, 2.45) is 5.41 Å². The molecule has 1 aromatic heterocycles. The minimum absolute atomic E-state index is 0.189. The fraction of sp³-hybridized carbons (Fsp3) is 0.706. The molecule has 116 valence electrons. The molecule has 0 aromatic carbocycles. The highest BCUT2D eigenvalue weighted by molar-refractivity contribution is 5.09. The second kappa shape index (κ2) is 6.86. The lowest BCUT2D eigenvalue weighted by molar-refractivity contribution is -0.153. The maximum absolute atomic E-state index is 6.06. The second-order valence-electron chi connectivity index (χ2n) is 6.32. The van der Waals surface area contributed by atoms with Crippen molar-refractivity contribution in [3.05, 3.63) is 30.1 Å². The topological polar surface area (TPSA) is 34.6 Å². The van der Waals surface area contributed by atoms with Crippen LogP contribution in [0.1, 0.15) is 31.7 Å². The summed E-state index contributed by atoms with van der Waals surface area (Å²) in [5.41, 5.74) is 1.48. The van der Waals surface area contributed by atoms with Gasteiger partial charge in [-0.1, -0.05) is 6.07 Å². The van der Waals surface area contributed by atoms with Crippen LogP contribution in [0.4, 0.5) is 0 Å². The van der Waals surface area contributed by atoms with Gasteiger partial charge in [0.15, 0.2) is 0 Å². The fourth-order valence-electron chi connectivity index (χ4n) is 3.78. The number of fused-ring (bicyclic) bond motifs is 1. The van der Waals surface area contributed by atoms with Crippen LogP contribution < -0.4 is 0 Å². The molecule has 2 aliphatic rings. The van der Waals surface area contributed by atoms with Crippen molar-refractivity contribution < 1.29 is 9.47 Å². The highest BCUT2D eigenvalue weighted by Gasteiger charge is 2.45. The van der Waals surface area contributed by atoms with Crippen molar-refractivity contribution in [2.75, 3.05) is 32.9 Å². The van der Waals surface area contributed by atoms with Gasteiger partial charge in [-0.2, -0.15) is 0 Å². The first-order chi connectivity index (χ1) is 10.3. The molecule has 4 heteroatoms. The van der Waals surface area contributed by atoms with Gasteiger partial charge in [-0.25, -0.2) is 0 Å². The number of likely N-dealkylation sites (tertiary alicyclic amines) is 1. The van der Waals surface area contributed by atoms with E-state index in [1.54, 1.807) is 0 Å². The molecule has 0 N–H and O–H groups in total. The van der Waals surface area contributed by atoms with Gasteiger partial charge in [-0.3, -0.25) is 9.88 Å². The maximum Gasteiger partial charge on any atom is 0.0677 e. The quantitative estimate of drug-likeness (QED) is 0.834. The van der Waals surface area contributed by atoms with E-state index in [1.807, 2.05) is 18.5 Å². The molecule has 2 saturated heterocycles. The van der Waals surface area contributed by atoms with E-state index in [9.17, 15) is 0 Å². The summed E-state index contributed by atoms with van der Waals surface area (Å²) in [5.74, 6) is 0. The lowest BCUT2D eigenvalue weighted by Gasteiger charge is -2.50. The number of hydrogen-bond donors (Lipinski definition) is 0. The molecule has 0 saturated carbocycles. The average molecular weight is 290 g/mol. The van der Waals surface area contributed by atoms with Crippen LogP contribution in [0.2, 0.25) is 0 Å². The largest absolute Gasteiger partial charge is 0.381 e. The van der Waals surface area contributed by atoms with Crippen LogP contribution >= 0.6 is 0 Å². The first kappa shape index (κ1) is 14.9. The number of aromatic nitrogens is 1. The van der Waals surface area contributed by atoms with E-state index in [2.05, 4.69) is 22.9 Å². The molecular formula is C17H26N2O2. The van der Waals surface area contributed by atoms with Crippen LogP contribution in [-0.2, 0) is 16.0 Å². The Balaban J connectivity index is 1.68. The van der Waals surface area contributed by atoms with E-state index in [0.717, 1.165) is 52.3 Å². The first-order valence-corrected chi connectivity index (χ1v) is 8.13. The Morgan fingerprint density at radius 2 is 2.48 bits per heavy atom. The Morgan fingerprint density at radius 3 is 3.29 bits per heavy atom. The van der Waals surface area contributed by atoms with Crippen LogP contribution in [0.3, 0.4) is 0 Å². The molecule has 3 heterocycles. The van der Waals surface area contributed by atoms with Crippen LogP contribution in [0.25, 0.3) is 0 Å². The van der Waals surface area contributed by atoms with E-state index in [0.29, 0.717) is 6.10 Å². The minimum Gasteiger partial charge on any atom is -0.381 e. The van der Waals surface area contributed by atoms with Crippen LogP contribution in [0.5, 0.6) is 0 Å². The third kappa shape index (κ3) is 3.44. The standard InChI is InChI=1S/C17H26N2O2/c1-2-20-14-17-7-4-10-21-16(17)6-9-19(13-17)12-15-5-3-8-18-11-15/h3,5,8,11,16H,2,4,6-7,9-10,12-14H2,1H3/t16-,17-/m1/s1. The van der Waals surface area contributed by atoms with E-state index < -0.39 is 0 Å². The molecule has 21 heavy (non-hydrogen) atoms. The van der Waals surface area contributed by atoms with Crippen LogP contribution in [0.15, 0.2) is 24.5 Å². The molecule has 0 spiro atoms. The predicted octanol–water partition coefficient (Wildman–Crippen LogP) is 2.49. The van der Waals surface area contributed by atoms with Gasteiger partial charge in [0, 0.05) is 50.7 Å². The smallest absolute Gasteiger partial charge is 0.0677 e. The van der Waals surface area contributed by atoms with Crippen molar-refractivity contribution in [3.8, 4) is 0 Å². The third-order valence-corrected chi connectivity index (χ3v) is 4.79. The summed E-state index contributed by atoms with van der Waals surface area (Å²) in [4.78, 5) is 6.77. The van der Waals surface area contributed by atoms with Crippen LogP contribution in [0, 0.1) is 5.41 Å². The summed E-state index contributed by atoms with van der Waals surface area (Å²) in [5, 5.41) is 0. The van der Waals surface area contributed by atoms with Gasteiger partial charge in [0.2, 0.25) is 0 Å². The molecule has 0 unspecified atom stereocenters. The molecule has 4 nitrogen and oxygen atoms in total. The lowest BCUT2D eigenvalue weighted by atomic mass is 9.73. The minimum atomic E-state index is 0.189. The van der Waals surface area contributed by atoms with E-state index in [1.165, 1.54) is 12.0 Å². The van der Waals surface area contributed by atoms with Gasteiger partial charge in [-0.15, -0.1) is 0 Å². The van der Waals surface area contributed by atoms with Gasteiger partial charge in [0.1, 0.15) is 0 Å². The summed E-state index contributed by atoms with van der Waals surface area (Å²) in [6, 6.07) is 4.17. The first-order valence-electron chi connectivity index (χ1n) is 8.13. The van der Waals surface area contributed by atoms with Crippen molar-refractivity contribution in [1.82, 2.24) is 9.88 Å². The Bertz CT molecular complexity index is 440. The van der Waals surface area contributed by atoms with Crippen LogP contribution in [-0.4, -0.2) is 48.9 Å². The van der Waals surface area contributed by atoms with Crippen molar-refractivity contribution in [1.29, 1.82) is 0 Å². The van der Waals surface area contributed by atoms with E-state index in [4.69, 9.17) is 9.47 Å². The third-order valence-electron chi connectivity index (χ3n) is 4.79. The van der Waals surface area contributed by atoms with Gasteiger partial charge in [0.25, 0.3) is 0 Å². The predicted molar refractivity (Wildman–Crippen MR) is 82.0 cm³/mol. The highest BCUT2D eigenvalue weighted by atomic mass is 16.5. The van der Waals surface area contributed by atoms with Gasteiger partial charge >= 0.3 is 0 Å². The highest BCUT2D eigenvalue weighted by Crippen LogP contribution is 2.40. The van der Waals surface area contributed by atoms with Gasteiger partial charge < -0.3 is 9.47 Å². The van der Waals surface area contributed by atoms with Gasteiger partial charge in [-0.05, 0) is 37.8 Å². The summed E-state index contributed by atoms with van der Waals surface area (Å²) in [6.45, 7) is 7.77. The molecule has 0 bridgehead atoms. The summed E-state index contributed by atoms with van der Waals surface area (Å²) in [7, 11) is 0. The number of rotatable bonds is 5. The second-order valence-corrected chi connectivity index (χ2v) is 6.32. The molecule has 0 aliphatic carbocycles. The number of pyridine rings is 1. The average Bonchev–Trinajstić information content (AvgIpc) is 2.54. The molecule has 1 aromatic rings. The normalized spacial score (nSPS) is 30.0. The number of hydrogen-bond acceptors (Lipinski definition) is 4. The van der Waals surface area contributed by atoms with E-state index in [-0.39, 0.29) is 5.41 Å². The fourth-order valence-corrected chi connectivity index (χ4v) is 3.78. The number of piperidine rings is 1. The monoisotopic (exact) mass is 290 g/mol. The zero-order valence-electron chi connectivity index (χ0n) is 13.0. The van der Waals surface area contributed by atoms with E-state index >= 15 is 0 Å². The zero-order chi connectivity index (χ0) is 14.5. The molecule has 0 radical (unpaired) electrons. The molecule has 0 amide bonds. The Labute approximate surface area is 127 Å². The molecule has 3 rings (SSSR count). The SMILES string of the molecule is CCOC[C@]12CCCO[C@@H]1CCN(Cc1cccnc1)C2. The van der Waals surface area contributed by atoms with Gasteiger partial charge in [0.05, 0.1) is 12.7 Å². The summed E-state index contributed by atoms with van der Waals surface area (Å²) in [6.07, 6.45) is 7.68. The Kier molecular flexibility index (Phi) is 4.88.